The number of anilines is 2. The predicted octanol–water partition coefficient (Wildman–Crippen LogP) is 4.45. The summed E-state index contributed by atoms with van der Waals surface area (Å²) >= 11 is 0. The summed E-state index contributed by atoms with van der Waals surface area (Å²) in [6.07, 6.45) is 0.818. The lowest BCUT2D eigenvalue weighted by Gasteiger charge is -2.25. The van der Waals surface area contributed by atoms with Crippen LogP contribution < -0.4 is 15.5 Å². The number of amides is 3. The Morgan fingerprint density at radius 1 is 0.931 bits per heavy atom. The topological polar surface area (TPSA) is 61.4 Å². The van der Waals surface area contributed by atoms with E-state index in [2.05, 4.69) is 10.6 Å². The van der Waals surface area contributed by atoms with Gasteiger partial charge in [0.25, 0.3) is 5.91 Å². The van der Waals surface area contributed by atoms with Gasteiger partial charge in [-0.05, 0) is 48.2 Å². The number of para-hydroxylation sites is 1. The molecule has 5 nitrogen and oxygen atoms in total. The smallest absolute Gasteiger partial charge is 0.320 e. The third kappa shape index (κ3) is 4.14. The summed E-state index contributed by atoms with van der Waals surface area (Å²) in [6.45, 7) is 2.58. The summed E-state index contributed by atoms with van der Waals surface area (Å²) in [5, 5.41) is 5.69. The maximum atomic E-state index is 13.4. The van der Waals surface area contributed by atoms with Crippen molar-refractivity contribution in [2.75, 3.05) is 16.8 Å². The van der Waals surface area contributed by atoms with Gasteiger partial charge in [-0.25, -0.2) is 4.79 Å². The summed E-state index contributed by atoms with van der Waals surface area (Å²) < 4.78 is 0. The number of carbonyl (C=O) groups is 2. The molecule has 0 aromatic heterocycles. The van der Waals surface area contributed by atoms with Crippen molar-refractivity contribution in [2.24, 2.45) is 0 Å². The van der Waals surface area contributed by atoms with Gasteiger partial charge in [-0.3, -0.25) is 4.79 Å². The summed E-state index contributed by atoms with van der Waals surface area (Å²) in [5.41, 5.74) is 4.55. The number of carbonyl (C=O) groups excluding carboxylic acids is 2. The fourth-order valence-corrected chi connectivity index (χ4v) is 3.68. The Kier molecular flexibility index (Phi) is 5.29. The van der Waals surface area contributed by atoms with Crippen LogP contribution in [-0.2, 0) is 11.2 Å². The molecule has 0 aliphatic carbocycles. The number of urea groups is 1. The molecule has 4 rings (SSSR count). The van der Waals surface area contributed by atoms with Gasteiger partial charge in [0.1, 0.15) is 6.04 Å². The highest BCUT2D eigenvalue weighted by Gasteiger charge is 2.32. The Balaban J connectivity index is 1.57. The second-order valence-corrected chi connectivity index (χ2v) is 7.18. The monoisotopic (exact) mass is 385 g/mol. The molecule has 0 spiro atoms. The minimum Gasteiger partial charge on any atom is -0.322 e. The Bertz CT molecular complexity index is 1030. The van der Waals surface area contributed by atoms with Gasteiger partial charge in [-0.2, -0.15) is 0 Å². The first-order valence-electron chi connectivity index (χ1n) is 9.70. The van der Waals surface area contributed by atoms with Crippen LogP contribution in [0.3, 0.4) is 0 Å². The average Bonchev–Trinajstić information content (AvgIpc) is 3.16. The molecular weight excluding hydrogens is 362 g/mol. The lowest BCUT2D eigenvalue weighted by atomic mass is 10.1. The molecule has 0 bridgehead atoms. The Morgan fingerprint density at radius 2 is 1.69 bits per heavy atom. The first kappa shape index (κ1) is 18.7. The molecule has 2 N–H and O–H groups in total. The molecule has 5 heteroatoms. The van der Waals surface area contributed by atoms with Gasteiger partial charge in [-0.15, -0.1) is 0 Å². The molecule has 0 unspecified atom stereocenters. The molecule has 29 heavy (non-hydrogen) atoms. The predicted molar refractivity (Wildman–Crippen MR) is 115 cm³/mol. The molecule has 146 valence electrons. The van der Waals surface area contributed by atoms with Crippen molar-refractivity contribution in [1.82, 2.24) is 5.32 Å². The van der Waals surface area contributed by atoms with E-state index in [4.69, 9.17) is 0 Å². The van der Waals surface area contributed by atoms with Crippen LogP contribution in [0.1, 0.15) is 22.7 Å². The molecule has 1 heterocycles. The minimum absolute atomic E-state index is 0.138. The van der Waals surface area contributed by atoms with Crippen molar-refractivity contribution in [1.29, 1.82) is 0 Å². The Labute approximate surface area is 170 Å². The van der Waals surface area contributed by atoms with Gasteiger partial charge in [0.2, 0.25) is 0 Å². The second kappa shape index (κ2) is 8.19. The lowest BCUT2D eigenvalue weighted by Crippen LogP contribution is -2.43. The second-order valence-electron chi connectivity index (χ2n) is 7.18. The van der Waals surface area contributed by atoms with E-state index in [9.17, 15) is 9.59 Å². The van der Waals surface area contributed by atoms with Crippen LogP contribution in [0.25, 0.3) is 0 Å². The van der Waals surface area contributed by atoms with Gasteiger partial charge < -0.3 is 15.5 Å². The van der Waals surface area contributed by atoms with E-state index in [1.54, 1.807) is 4.90 Å². The van der Waals surface area contributed by atoms with E-state index in [1.165, 1.54) is 0 Å². The van der Waals surface area contributed by atoms with E-state index in [0.717, 1.165) is 28.8 Å². The SMILES string of the molecule is Cc1cccc(NC(=O)N[C@@H](C(=O)N2CCc3ccccc32)c2ccccc2)c1. The van der Waals surface area contributed by atoms with Crippen LogP contribution in [-0.4, -0.2) is 18.5 Å². The molecule has 1 aliphatic rings. The number of nitrogens with zero attached hydrogens (tertiary/aromatic N) is 1. The van der Waals surface area contributed by atoms with Gasteiger partial charge >= 0.3 is 6.03 Å². The Morgan fingerprint density at radius 3 is 2.48 bits per heavy atom. The maximum absolute atomic E-state index is 13.4. The van der Waals surface area contributed by atoms with Crippen LogP contribution in [0.5, 0.6) is 0 Å². The quantitative estimate of drug-likeness (QED) is 0.697. The van der Waals surface area contributed by atoms with Crippen molar-refractivity contribution >= 4 is 23.3 Å². The van der Waals surface area contributed by atoms with Crippen molar-refractivity contribution in [3.63, 3.8) is 0 Å². The highest BCUT2D eigenvalue weighted by Crippen LogP contribution is 2.30. The summed E-state index contributed by atoms with van der Waals surface area (Å²) in [4.78, 5) is 27.9. The largest absolute Gasteiger partial charge is 0.322 e. The Hall–Kier alpha value is -3.60. The summed E-state index contributed by atoms with van der Waals surface area (Å²) in [7, 11) is 0. The maximum Gasteiger partial charge on any atom is 0.320 e. The zero-order valence-electron chi connectivity index (χ0n) is 16.3. The lowest BCUT2D eigenvalue weighted by molar-refractivity contribution is -0.120. The molecule has 0 radical (unpaired) electrons. The van der Waals surface area contributed by atoms with E-state index in [-0.39, 0.29) is 5.91 Å². The number of benzene rings is 3. The fourth-order valence-electron chi connectivity index (χ4n) is 3.68. The number of hydrogen-bond acceptors (Lipinski definition) is 2. The number of rotatable bonds is 4. The van der Waals surface area contributed by atoms with E-state index in [1.807, 2.05) is 85.8 Å². The van der Waals surface area contributed by atoms with Gasteiger partial charge in [0.05, 0.1) is 0 Å². The normalized spacial score (nSPS) is 13.5. The molecule has 3 amide bonds. The van der Waals surface area contributed by atoms with Crippen LogP contribution in [0.2, 0.25) is 0 Å². The van der Waals surface area contributed by atoms with E-state index in [0.29, 0.717) is 12.2 Å². The summed E-state index contributed by atoms with van der Waals surface area (Å²) in [6, 6.07) is 23.6. The van der Waals surface area contributed by atoms with Crippen LogP contribution in [0.15, 0.2) is 78.9 Å². The molecular formula is C24H23N3O2. The average molecular weight is 385 g/mol. The first-order valence-corrected chi connectivity index (χ1v) is 9.70. The van der Waals surface area contributed by atoms with Crippen LogP contribution in [0.4, 0.5) is 16.2 Å². The molecule has 1 atom stereocenters. The molecule has 0 fully saturated rings. The van der Waals surface area contributed by atoms with Crippen molar-refractivity contribution < 1.29 is 9.59 Å². The standard InChI is InChI=1S/C24H23N3O2/c1-17-8-7-12-20(16-17)25-24(29)26-22(19-10-3-2-4-11-19)23(28)27-15-14-18-9-5-6-13-21(18)27/h2-13,16,22H,14-15H2,1H3,(H2,25,26,29)/t22-/m1/s1. The van der Waals surface area contributed by atoms with Crippen molar-refractivity contribution in [3.8, 4) is 0 Å². The van der Waals surface area contributed by atoms with Crippen LogP contribution >= 0.6 is 0 Å². The van der Waals surface area contributed by atoms with Gasteiger partial charge in [0.15, 0.2) is 0 Å². The molecule has 1 aliphatic heterocycles. The highest BCUT2D eigenvalue weighted by atomic mass is 16.2. The number of fused-ring (bicyclic) bond motifs is 1. The number of nitrogens with one attached hydrogen (secondary N) is 2. The number of hydrogen-bond donors (Lipinski definition) is 2. The van der Waals surface area contributed by atoms with Gasteiger partial charge in [-0.1, -0.05) is 60.7 Å². The molecule has 3 aromatic rings. The zero-order chi connectivity index (χ0) is 20.2. The van der Waals surface area contributed by atoms with E-state index >= 15 is 0 Å². The first-order chi connectivity index (χ1) is 14.1. The molecule has 0 saturated heterocycles. The fraction of sp³-hybridized carbons (Fsp3) is 0.167. The van der Waals surface area contributed by atoms with Crippen molar-refractivity contribution in [2.45, 2.75) is 19.4 Å². The van der Waals surface area contributed by atoms with Gasteiger partial charge in [0, 0.05) is 17.9 Å². The van der Waals surface area contributed by atoms with Crippen LogP contribution in [0, 0.1) is 6.92 Å². The van der Waals surface area contributed by atoms with E-state index < -0.39 is 12.1 Å². The molecule has 0 saturated carbocycles. The highest BCUT2D eigenvalue weighted by molar-refractivity contribution is 6.02. The third-order valence-corrected chi connectivity index (χ3v) is 5.08. The minimum atomic E-state index is -0.771. The number of aryl methyl sites for hydroxylation is 1. The zero-order valence-corrected chi connectivity index (χ0v) is 16.3. The summed E-state index contributed by atoms with van der Waals surface area (Å²) in [5.74, 6) is -0.138. The third-order valence-electron chi connectivity index (χ3n) is 5.08. The van der Waals surface area contributed by atoms with Crippen molar-refractivity contribution in [3.05, 3.63) is 95.6 Å². The molecule has 3 aromatic carbocycles.